The molecule has 5 nitrogen and oxygen atoms in total. The highest BCUT2D eigenvalue weighted by Crippen LogP contribution is 2.31. The van der Waals surface area contributed by atoms with Crippen molar-refractivity contribution < 1.29 is 27.8 Å². The number of ether oxygens (including phenoxy) is 1. The van der Waals surface area contributed by atoms with Gasteiger partial charge in [-0.2, -0.15) is 13.2 Å². The summed E-state index contributed by atoms with van der Waals surface area (Å²) in [6, 6.07) is 11.7. The lowest BCUT2D eigenvalue weighted by Crippen LogP contribution is -2.43. The van der Waals surface area contributed by atoms with Gasteiger partial charge in [0, 0.05) is 26.1 Å². The Morgan fingerprint density at radius 2 is 1.77 bits per heavy atom. The van der Waals surface area contributed by atoms with Gasteiger partial charge in [-0.1, -0.05) is 30.3 Å². The Morgan fingerprint density at radius 3 is 2.40 bits per heavy atom. The van der Waals surface area contributed by atoms with Crippen LogP contribution in [0.5, 0.6) is 5.75 Å². The van der Waals surface area contributed by atoms with Crippen molar-refractivity contribution in [3.63, 3.8) is 0 Å². The first kappa shape index (κ1) is 22.1. The smallest absolute Gasteiger partial charge is 0.416 e. The lowest BCUT2D eigenvalue weighted by Gasteiger charge is -2.35. The molecular weight excluding hydrogens is 397 g/mol. The van der Waals surface area contributed by atoms with Crippen LogP contribution in [0.1, 0.15) is 29.2 Å². The number of aromatic hydroxyl groups is 1. The number of phenolic OH excluding ortho intramolecular Hbond substituents is 1. The maximum Gasteiger partial charge on any atom is 0.416 e. The number of phenols is 1. The van der Waals surface area contributed by atoms with Gasteiger partial charge in [0.15, 0.2) is 0 Å². The molecule has 0 aromatic heterocycles. The van der Waals surface area contributed by atoms with Gasteiger partial charge < -0.3 is 15.2 Å². The van der Waals surface area contributed by atoms with Crippen molar-refractivity contribution in [2.75, 3.05) is 32.8 Å². The summed E-state index contributed by atoms with van der Waals surface area (Å²) in [5, 5.41) is 12.7. The van der Waals surface area contributed by atoms with Crippen molar-refractivity contribution in [1.82, 2.24) is 10.2 Å². The van der Waals surface area contributed by atoms with E-state index >= 15 is 0 Å². The molecule has 0 saturated carbocycles. The number of halogens is 3. The molecule has 1 atom stereocenters. The van der Waals surface area contributed by atoms with Crippen LogP contribution in [0, 0.1) is 0 Å². The molecule has 1 heterocycles. The SMILES string of the molecule is O=C(CCc1ccccc1O)NCC(c1ccc(C(F)(F)F)cc1)N1CCOCC1. The van der Waals surface area contributed by atoms with Crippen molar-refractivity contribution in [2.45, 2.75) is 25.1 Å². The minimum Gasteiger partial charge on any atom is -0.508 e. The van der Waals surface area contributed by atoms with Gasteiger partial charge in [-0.15, -0.1) is 0 Å². The van der Waals surface area contributed by atoms with E-state index in [9.17, 15) is 23.1 Å². The third-order valence-electron chi connectivity index (χ3n) is 5.21. The van der Waals surface area contributed by atoms with Gasteiger partial charge in [0.2, 0.25) is 5.91 Å². The number of benzene rings is 2. The molecule has 2 N–H and O–H groups in total. The summed E-state index contributed by atoms with van der Waals surface area (Å²) in [5.74, 6) is -0.0235. The molecule has 3 rings (SSSR count). The molecule has 1 unspecified atom stereocenters. The van der Waals surface area contributed by atoms with E-state index in [1.54, 1.807) is 24.3 Å². The van der Waals surface area contributed by atoms with Crippen molar-refractivity contribution in [2.24, 2.45) is 0 Å². The lowest BCUT2D eigenvalue weighted by atomic mass is 10.0. The van der Waals surface area contributed by atoms with E-state index in [-0.39, 0.29) is 30.7 Å². The van der Waals surface area contributed by atoms with Gasteiger partial charge >= 0.3 is 6.18 Å². The second kappa shape index (κ2) is 9.95. The number of carbonyl (C=O) groups excluding carboxylic acids is 1. The average molecular weight is 422 g/mol. The van der Waals surface area contributed by atoms with Crippen molar-refractivity contribution >= 4 is 5.91 Å². The first-order valence-corrected chi connectivity index (χ1v) is 9.87. The number of hydrogen-bond acceptors (Lipinski definition) is 4. The van der Waals surface area contributed by atoms with Crippen LogP contribution in [-0.2, 0) is 22.1 Å². The maximum atomic E-state index is 12.9. The number of aryl methyl sites for hydroxylation is 1. The van der Waals surface area contributed by atoms with Gasteiger partial charge in [-0.25, -0.2) is 0 Å². The second-order valence-electron chi connectivity index (χ2n) is 7.22. The third kappa shape index (κ3) is 5.96. The van der Waals surface area contributed by atoms with Crippen LogP contribution in [0.3, 0.4) is 0 Å². The average Bonchev–Trinajstić information content (AvgIpc) is 2.74. The summed E-state index contributed by atoms with van der Waals surface area (Å²) >= 11 is 0. The zero-order valence-electron chi connectivity index (χ0n) is 16.5. The zero-order valence-corrected chi connectivity index (χ0v) is 16.5. The van der Waals surface area contributed by atoms with E-state index < -0.39 is 11.7 Å². The minimum atomic E-state index is -4.38. The number of carbonyl (C=O) groups is 1. The molecule has 0 aliphatic carbocycles. The monoisotopic (exact) mass is 422 g/mol. The topological polar surface area (TPSA) is 61.8 Å². The number of morpholine rings is 1. The summed E-state index contributed by atoms with van der Waals surface area (Å²) in [5.41, 5.74) is 0.713. The van der Waals surface area contributed by atoms with Gasteiger partial charge in [-0.05, 0) is 35.7 Å². The molecule has 2 aromatic carbocycles. The van der Waals surface area contributed by atoms with E-state index in [0.717, 1.165) is 12.1 Å². The maximum absolute atomic E-state index is 12.9. The Balaban J connectivity index is 1.64. The van der Waals surface area contributed by atoms with Crippen molar-refractivity contribution in [3.05, 3.63) is 65.2 Å². The summed E-state index contributed by atoms with van der Waals surface area (Å²) in [6.45, 7) is 2.64. The molecule has 1 amide bonds. The quantitative estimate of drug-likeness (QED) is 0.717. The van der Waals surface area contributed by atoms with Gasteiger partial charge in [0.25, 0.3) is 0 Å². The summed E-state index contributed by atoms with van der Waals surface area (Å²) in [7, 11) is 0. The molecule has 1 saturated heterocycles. The van der Waals surface area contributed by atoms with Crippen LogP contribution >= 0.6 is 0 Å². The Labute approximate surface area is 173 Å². The molecule has 1 fully saturated rings. The molecule has 162 valence electrons. The van der Waals surface area contributed by atoms with Crippen LogP contribution in [0.2, 0.25) is 0 Å². The summed E-state index contributed by atoms with van der Waals surface area (Å²) in [4.78, 5) is 14.5. The second-order valence-corrected chi connectivity index (χ2v) is 7.22. The number of alkyl halides is 3. The number of amides is 1. The third-order valence-corrected chi connectivity index (χ3v) is 5.21. The number of hydrogen-bond donors (Lipinski definition) is 2. The fourth-order valence-corrected chi connectivity index (χ4v) is 3.51. The van der Waals surface area contributed by atoms with Crippen molar-refractivity contribution in [1.29, 1.82) is 0 Å². The molecule has 8 heteroatoms. The molecule has 0 bridgehead atoms. The van der Waals surface area contributed by atoms with E-state index in [2.05, 4.69) is 10.2 Å². The molecule has 2 aromatic rings. The predicted octanol–water partition coefficient (Wildman–Crippen LogP) is 3.53. The Bertz CT molecular complexity index is 834. The Kier molecular flexibility index (Phi) is 7.33. The fourth-order valence-electron chi connectivity index (χ4n) is 3.51. The molecule has 0 radical (unpaired) electrons. The van der Waals surface area contributed by atoms with E-state index in [0.29, 0.717) is 43.9 Å². The summed E-state index contributed by atoms with van der Waals surface area (Å²) in [6.07, 6.45) is -3.77. The van der Waals surface area contributed by atoms with Crippen LogP contribution in [0.15, 0.2) is 48.5 Å². The highest BCUT2D eigenvalue weighted by atomic mass is 19.4. The Morgan fingerprint density at radius 1 is 1.10 bits per heavy atom. The number of nitrogens with zero attached hydrogens (tertiary/aromatic N) is 1. The molecule has 0 spiro atoms. The molecular formula is C22H25F3N2O3. The van der Waals surface area contributed by atoms with E-state index in [4.69, 9.17) is 4.74 Å². The van der Waals surface area contributed by atoms with E-state index in [1.165, 1.54) is 12.1 Å². The number of para-hydroxylation sites is 1. The highest BCUT2D eigenvalue weighted by molar-refractivity contribution is 5.76. The Hall–Kier alpha value is -2.58. The van der Waals surface area contributed by atoms with Crippen LogP contribution in [-0.4, -0.2) is 48.8 Å². The van der Waals surface area contributed by atoms with Gasteiger partial charge in [0.05, 0.1) is 24.8 Å². The molecule has 1 aliphatic rings. The standard InChI is InChI=1S/C22H25F3N2O3/c23-22(24,25)18-8-5-16(6-9-18)19(27-11-13-30-14-12-27)15-26-21(29)10-7-17-3-1-2-4-20(17)28/h1-6,8-9,19,28H,7,10-15H2,(H,26,29). The zero-order chi connectivity index (χ0) is 21.6. The first-order valence-electron chi connectivity index (χ1n) is 9.87. The normalized spacial score (nSPS) is 16.2. The van der Waals surface area contributed by atoms with Crippen LogP contribution < -0.4 is 5.32 Å². The fraction of sp³-hybridized carbons (Fsp3) is 0.409. The largest absolute Gasteiger partial charge is 0.508 e. The van der Waals surface area contributed by atoms with Gasteiger partial charge in [-0.3, -0.25) is 9.69 Å². The van der Waals surface area contributed by atoms with E-state index in [1.807, 2.05) is 0 Å². The van der Waals surface area contributed by atoms with Gasteiger partial charge in [0.1, 0.15) is 5.75 Å². The van der Waals surface area contributed by atoms with Crippen LogP contribution in [0.4, 0.5) is 13.2 Å². The number of nitrogens with one attached hydrogen (secondary N) is 1. The van der Waals surface area contributed by atoms with Crippen molar-refractivity contribution in [3.8, 4) is 5.75 Å². The lowest BCUT2D eigenvalue weighted by molar-refractivity contribution is -0.137. The van der Waals surface area contributed by atoms with Crippen LogP contribution in [0.25, 0.3) is 0 Å². The number of rotatable bonds is 7. The molecule has 30 heavy (non-hydrogen) atoms. The minimum absolute atomic E-state index is 0.154. The highest BCUT2D eigenvalue weighted by Gasteiger charge is 2.31. The molecule has 1 aliphatic heterocycles. The first-order chi connectivity index (χ1) is 14.3. The predicted molar refractivity (Wildman–Crippen MR) is 106 cm³/mol. The summed E-state index contributed by atoms with van der Waals surface area (Å²) < 4.78 is 44.0.